The summed E-state index contributed by atoms with van der Waals surface area (Å²) in [5, 5.41) is 0. The molecule has 0 aliphatic heterocycles. The second-order valence-electron chi connectivity index (χ2n) is 2.68. The average Bonchev–Trinajstić information content (AvgIpc) is 2.06. The van der Waals surface area contributed by atoms with Gasteiger partial charge in [-0.15, -0.1) is 19.0 Å². The first-order valence-corrected chi connectivity index (χ1v) is 3.86. The fourth-order valence-corrected chi connectivity index (χ4v) is 1.03. The maximum Gasteiger partial charge on any atom is 0.123 e. The molecule has 1 atom stereocenters. The Morgan fingerprint density at radius 2 is 1.92 bits per heavy atom. The van der Waals surface area contributed by atoms with E-state index < -0.39 is 0 Å². The molecule has 0 aliphatic carbocycles. The van der Waals surface area contributed by atoms with E-state index in [1.807, 2.05) is 0 Å². The molecule has 1 aromatic rings. The zero-order valence-electron chi connectivity index (χ0n) is 7.24. The van der Waals surface area contributed by atoms with E-state index in [9.17, 15) is 4.39 Å². The van der Waals surface area contributed by atoms with Crippen LogP contribution in [-0.4, -0.2) is 0 Å². The lowest BCUT2D eigenvalue weighted by Gasteiger charge is -2.08. The Labute approximate surface area is 83.9 Å². The van der Waals surface area contributed by atoms with Gasteiger partial charge in [0.25, 0.3) is 0 Å². The molecule has 0 heterocycles. The van der Waals surface area contributed by atoms with Gasteiger partial charge in [0.05, 0.1) is 0 Å². The van der Waals surface area contributed by atoms with Crippen molar-refractivity contribution in [2.24, 2.45) is 5.73 Å². The van der Waals surface area contributed by atoms with Crippen molar-refractivity contribution in [1.82, 2.24) is 0 Å². The minimum Gasteiger partial charge on any atom is -0.324 e. The second-order valence-corrected chi connectivity index (χ2v) is 2.68. The van der Waals surface area contributed by atoms with Crippen LogP contribution >= 0.6 is 12.4 Å². The number of benzene rings is 1. The van der Waals surface area contributed by atoms with E-state index in [-0.39, 0.29) is 24.3 Å². The molecule has 0 aliphatic rings. The number of hydrogen-bond donors (Lipinski definition) is 1. The summed E-state index contributed by atoms with van der Waals surface area (Å²) < 4.78 is 12.5. The van der Waals surface area contributed by atoms with Crippen LogP contribution in [0.15, 0.2) is 36.9 Å². The Morgan fingerprint density at radius 3 is 2.38 bits per heavy atom. The molecule has 0 unspecified atom stereocenters. The zero-order valence-corrected chi connectivity index (χ0v) is 8.06. The van der Waals surface area contributed by atoms with E-state index in [4.69, 9.17) is 5.73 Å². The van der Waals surface area contributed by atoms with Crippen molar-refractivity contribution in [1.29, 1.82) is 0 Å². The molecule has 0 radical (unpaired) electrons. The zero-order chi connectivity index (χ0) is 8.97. The van der Waals surface area contributed by atoms with Gasteiger partial charge in [-0.1, -0.05) is 18.2 Å². The molecule has 0 bridgehead atoms. The molecule has 1 rings (SSSR count). The lowest BCUT2D eigenvalue weighted by atomic mass is 10.1. The van der Waals surface area contributed by atoms with Gasteiger partial charge in [-0.2, -0.15) is 0 Å². The number of nitrogens with two attached hydrogens (primary N) is 1. The minimum absolute atomic E-state index is 0. The van der Waals surface area contributed by atoms with Crippen molar-refractivity contribution < 1.29 is 4.39 Å². The molecular weight excluding hydrogens is 189 g/mol. The summed E-state index contributed by atoms with van der Waals surface area (Å²) in [7, 11) is 0. The number of hydrogen-bond acceptors (Lipinski definition) is 1. The average molecular weight is 202 g/mol. The van der Waals surface area contributed by atoms with E-state index >= 15 is 0 Å². The summed E-state index contributed by atoms with van der Waals surface area (Å²) in [4.78, 5) is 0. The largest absolute Gasteiger partial charge is 0.324 e. The van der Waals surface area contributed by atoms with Gasteiger partial charge < -0.3 is 5.73 Å². The van der Waals surface area contributed by atoms with Crippen molar-refractivity contribution >= 4 is 12.4 Å². The minimum atomic E-state index is -0.232. The van der Waals surface area contributed by atoms with Crippen molar-refractivity contribution in [3.05, 3.63) is 48.3 Å². The molecule has 72 valence electrons. The second kappa shape index (κ2) is 5.73. The monoisotopic (exact) mass is 201 g/mol. The van der Waals surface area contributed by atoms with Crippen molar-refractivity contribution in [2.45, 2.75) is 12.5 Å². The topological polar surface area (TPSA) is 26.0 Å². The number of rotatable bonds is 3. The van der Waals surface area contributed by atoms with Gasteiger partial charge in [0, 0.05) is 6.04 Å². The highest BCUT2D eigenvalue weighted by molar-refractivity contribution is 5.85. The van der Waals surface area contributed by atoms with Crippen LogP contribution in [0.4, 0.5) is 4.39 Å². The predicted octanol–water partition coefficient (Wildman–Crippen LogP) is 2.82. The third-order valence-corrected chi connectivity index (χ3v) is 1.72. The fraction of sp³-hybridized carbons (Fsp3) is 0.200. The Morgan fingerprint density at radius 1 is 1.38 bits per heavy atom. The first-order chi connectivity index (χ1) is 5.74. The van der Waals surface area contributed by atoms with Crippen LogP contribution < -0.4 is 5.73 Å². The van der Waals surface area contributed by atoms with E-state index in [0.29, 0.717) is 6.42 Å². The highest BCUT2D eigenvalue weighted by atomic mass is 35.5. The summed E-state index contributed by atoms with van der Waals surface area (Å²) >= 11 is 0. The van der Waals surface area contributed by atoms with Crippen LogP contribution in [0.25, 0.3) is 0 Å². The molecule has 1 aromatic carbocycles. The first-order valence-electron chi connectivity index (χ1n) is 3.86. The van der Waals surface area contributed by atoms with Crippen LogP contribution in [0.2, 0.25) is 0 Å². The summed E-state index contributed by atoms with van der Waals surface area (Å²) in [5.41, 5.74) is 6.70. The predicted molar refractivity (Wildman–Crippen MR) is 55.4 cm³/mol. The summed E-state index contributed by atoms with van der Waals surface area (Å²) in [6, 6.07) is 6.16. The molecule has 0 saturated heterocycles. The standard InChI is InChI=1S/C10H12FN.ClH/c1-2-3-10(12)8-4-6-9(11)7-5-8;/h2,4-7,10H,1,3,12H2;1H/t10-;/m1./s1. The molecular formula is C10H13ClFN. The molecule has 1 nitrogen and oxygen atoms in total. The van der Waals surface area contributed by atoms with E-state index in [1.54, 1.807) is 18.2 Å². The molecule has 0 aromatic heterocycles. The normalized spacial score (nSPS) is 11.5. The van der Waals surface area contributed by atoms with Gasteiger partial charge >= 0.3 is 0 Å². The summed E-state index contributed by atoms with van der Waals surface area (Å²) in [6.45, 7) is 3.59. The lowest BCUT2D eigenvalue weighted by molar-refractivity contribution is 0.625. The highest BCUT2D eigenvalue weighted by Gasteiger charge is 2.02. The van der Waals surface area contributed by atoms with Crippen LogP contribution in [0.5, 0.6) is 0 Å². The Kier molecular flexibility index (Phi) is 5.35. The SMILES string of the molecule is C=CC[C@@H](N)c1ccc(F)cc1.Cl. The van der Waals surface area contributed by atoms with Crippen LogP contribution in [0.3, 0.4) is 0 Å². The Hall–Kier alpha value is -0.860. The Balaban J connectivity index is 0.00000144. The van der Waals surface area contributed by atoms with E-state index in [0.717, 1.165) is 5.56 Å². The molecule has 0 spiro atoms. The van der Waals surface area contributed by atoms with Crippen molar-refractivity contribution in [2.75, 3.05) is 0 Å². The highest BCUT2D eigenvalue weighted by Crippen LogP contribution is 2.14. The van der Waals surface area contributed by atoms with E-state index in [1.165, 1.54) is 12.1 Å². The molecule has 0 amide bonds. The Bertz CT molecular complexity index is 258. The van der Waals surface area contributed by atoms with Crippen molar-refractivity contribution in [3.63, 3.8) is 0 Å². The van der Waals surface area contributed by atoms with Gasteiger partial charge in [0.2, 0.25) is 0 Å². The van der Waals surface area contributed by atoms with Gasteiger partial charge in [-0.05, 0) is 24.1 Å². The van der Waals surface area contributed by atoms with Crippen molar-refractivity contribution in [3.8, 4) is 0 Å². The smallest absolute Gasteiger partial charge is 0.123 e. The third kappa shape index (κ3) is 3.57. The third-order valence-electron chi connectivity index (χ3n) is 1.72. The van der Waals surface area contributed by atoms with Gasteiger partial charge in [-0.25, -0.2) is 4.39 Å². The quantitative estimate of drug-likeness (QED) is 0.748. The maximum absolute atomic E-state index is 12.5. The molecule has 3 heteroatoms. The maximum atomic E-state index is 12.5. The van der Waals surface area contributed by atoms with Gasteiger partial charge in [0.1, 0.15) is 5.82 Å². The molecule has 0 fully saturated rings. The molecule has 2 N–H and O–H groups in total. The first kappa shape index (κ1) is 12.1. The molecule has 13 heavy (non-hydrogen) atoms. The van der Waals surface area contributed by atoms with Gasteiger partial charge in [0.15, 0.2) is 0 Å². The van der Waals surface area contributed by atoms with Crippen LogP contribution in [0.1, 0.15) is 18.0 Å². The summed E-state index contributed by atoms with van der Waals surface area (Å²) in [6.07, 6.45) is 2.47. The fourth-order valence-electron chi connectivity index (χ4n) is 1.03. The van der Waals surface area contributed by atoms with Crippen LogP contribution in [0, 0.1) is 5.82 Å². The summed E-state index contributed by atoms with van der Waals surface area (Å²) in [5.74, 6) is -0.232. The molecule has 0 saturated carbocycles. The van der Waals surface area contributed by atoms with Crippen LogP contribution in [-0.2, 0) is 0 Å². The van der Waals surface area contributed by atoms with Gasteiger partial charge in [-0.3, -0.25) is 0 Å². The van der Waals surface area contributed by atoms with E-state index in [2.05, 4.69) is 6.58 Å². The lowest BCUT2D eigenvalue weighted by Crippen LogP contribution is -2.08. The number of halogens is 2.